The number of nitrogens with zero attached hydrogens (tertiary/aromatic N) is 1. The standard InChI is InChI=1S/C14H17NO3/c15-10-9-12-5-7-13(8-6-12)18-11-3-1-2-4-14(16)17/h5-8H,1-4,9,11H2,(H,16,17). The molecule has 1 N–H and O–H groups in total. The number of rotatable bonds is 8. The molecule has 0 radical (unpaired) electrons. The molecule has 0 atom stereocenters. The van der Waals surface area contributed by atoms with E-state index in [2.05, 4.69) is 6.07 Å². The molecular formula is C14H17NO3. The fourth-order valence-electron chi connectivity index (χ4n) is 1.54. The van der Waals surface area contributed by atoms with Gasteiger partial charge >= 0.3 is 5.97 Å². The predicted molar refractivity (Wildman–Crippen MR) is 67.4 cm³/mol. The Hall–Kier alpha value is -2.02. The van der Waals surface area contributed by atoms with Gasteiger partial charge < -0.3 is 9.84 Å². The van der Waals surface area contributed by atoms with E-state index in [0.717, 1.165) is 24.2 Å². The van der Waals surface area contributed by atoms with E-state index in [9.17, 15) is 4.79 Å². The van der Waals surface area contributed by atoms with Gasteiger partial charge in [0.2, 0.25) is 0 Å². The van der Waals surface area contributed by atoms with Crippen LogP contribution in [0.3, 0.4) is 0 Å². The van der Waals surface area contributed by atoms with Crippen LogP contribution in [0.1, 0.15) is 31.2 Å². The SMILES string of the molecule is N#CCc1ccc(OCCCCCC(=O)O)cc1. The van der Waals surface area contributed by atoms with Crippen LogP contribution in [0.2, 0.25) is 0 Å². The number of hydrogen-bond acceptors (Lipinski definition) is 3. The molecule has 18 heavy (non-hydrogen) atoms. The monoisotopic (exact) mass is 247 g/mol. The van der Waals surface area contributed by atoms with Crippen LogP contribution in [-0.2, 0) is 11.2 Å². The fraction of sp³-hybridized carbons (Fsp3) is 0.429. The van der Waals surface area contributed by atoms with Crippen molar-refractivity contribution in [3.05, 3.63) is 29.8 Å². The number of ether oxygens (including phenoxy) is 1. The van der Waals surface area contributed by atoms with Gasteiger partial charge in [-0.15, -0.1) is 0 Å². The van der Waals surface area contributed by atoms with Gasteiger partial charge in [-0.05, 0) is 37.0 Å². The lowest BCUT2D eigenvalue weighted by molar-refractivity contribution is -0.137. The van der Waals surface area contributed by atoms with Crippen molar-refractivity contribution in [1.82, 2.24) is 0 Å². The quantitative estimate of drug-likeness (QED) is 0.717. The second kappa shape index (κ2) is 8.13. The first-order chi connectivity index (χ1) is 8.72. The van der Waals surface area contributed by atoms with Gasteiger partial charge in [-0.3, -0.25) is 4.79 Å². The molecule has 4 heteroatoms. The fourth-order valence-corrected chi connectivity index (χ4v) is 1.54. The number of hydrogen-bond donors (Lipinski definition) is 1. The van der Waals surface area contributed by atoms with Crippen LogP contribution in [0.4, 0.5) is 0 Å². The van der Waals surface area contributed by atoms with Crippen molar-refractivity contribution in [3.63, 3.8) is 0 Å². The predicted octanol–water partition coefficient (Wildman–Crippen LogP) is 2.78. The second-order valence-corrected chi connectivity index (χ2v) is 4.03. The molecule has 0 saturated carbocycles. The van der Waals surface area contributed by atoms with E-state index in [1.54, 1.807) is 0 Å². The zero-order valence-corrected chi connectivity index (χ0v) is 10.3. The van der Waals surface area contributed by atoms with E-state index in [1.807, 2.05) is 24.3 Å². The molecule has 4 nitrogen and oxygen atoms in total. The Morgan fingerprint density at radius 3 is 2.56 bits per heavy atom. The minimum Gasteiger partial charge on any atom is -0.494 e. The number of carbonyl (C=O) groups is 1. The summed E-state index contributed by atoms with van der Waals surface area (Å²) in [4.78, 5) is 10.3. The Bertz CT molecular complexity index is 406. The highest BCUT2D eigenvalue weighted by Gasteiger charge is 1.98. The second-order valence-electron chi connectivity index (χ2n) is 4.03. The molecule has 0 fully saturated rings. The van der Waals surface area contributed by atoms with Crippen LogP contribution in [-0.4, -0.2) is 17.7 Å². The first-order valence-electron chi connectivity index (χ1n) is 6.03. The lowest BCUT2D eigenvalue weighted by atomic mass is 10.1. The van der Waals surface area contributed by atoms with Gasteiger partial charge in [0.1, 0.15) is 5.75 Å². The summed E-state index contributed by atoms with van der Waals surface area (Å²) in [6.07, 6.45) is 3.05. The lowest BCUT2D eigenvalue weighted by Crippen LogP contribution is -1.99. The van der Waals surface area contributed by atoms with E-state index >= 15 is 0 Å². The molecule has 0 aromatic heterocycles. The third kappa shape index (κ3) is 5.90. The molecule has 1 aromatic carbocycles. The summed E-state index contributed by atoms with van der Waals surface area (Å²) in [5.74, 6) is 0.0407. The highest BCUT2D eigenvalue weighted by Crippen LogP contribution is 2.13. The summed E-state index contributed by atoms with van der Waals surface area (Å²) < 4.78 is 5.52. The number of carboxylic acids is 1. The van der Waals surface area contributed by atoms with E-state index in [1.165, 1.54) is 0 Å². The average molecular weight is 247 g/mol. The Morgan fingerprint density at radius 2 is 1.94 bits per heavy atom. The topological polar surface area (TPSA) is 70.3 Å². The zero-order valence-electron chi connectivity index (χ0n) is 10.3. The molecule has 0 heterocycles. The maximum atomic E-state index is 10.3. The zero-order chi connectivity index (χ0) is 13.2. The van der Waals surface area contributed by atoms with Gasteiger partial charge in [0, 0.05) is 6.42 Å². The summed E-state index contributed by atoms with van der Waals surface area (Å²) in [6, 6.07) is 9.55. The van der Waals surface area contributed by atoms with Crippen molar-refractivity contribution in [2.24, 2.45) is 0 Å². The van der Waals surface area contributed by atoms with Gasteiger partial charge in [0.05, 0.1) is 19.1 Å². The van der Waals surface area contributed by atoms with Crippen molar-refractivity contribution in [2.45, 2.75) is 32.1 Å². The summed E-state index contributed by atoms with van der Waals surface area (Å²) in [5, 5.41) is 17.0. The molecule has 1 rings (SSSR count). The number of unbranched alkanes of at least 4 members (excludes halogenated alkanes) is 2. The van der Waals surface area contributed by atoms with Gasteiger partial charge in [-0.25, -0.2) is 0 Å². The number of aliphatic carboxylic acids is 1. The van der Waals surface area contributed by atoms with Crippen molar-refractivity contribution in [2.75, 3.05) is 6.61 Å². The lowest BCUT2D eigenvalue weighted by Gasteiger charge is -2.06. The minimum absolute atomic E-state index is 0.225. The van der Waals surface area contributed by atoms with Crippen molar-refractivity contribution in [1.29, 1.82) is 5.26 Å². The van der Waals surface area contributed by atoms with Gasteiger partial charge in [-0.2, -0.15) is 5.26 Å². The van der Waals surface area contributed by atoms with Gasteiger partial charge in [0.15, 0.2) is 0 Å². The Balaban J connectivity index is 2.15. The average Bonchev–Trinajstić information content (AvgIpc) is 2.35. The molecular weight excluding hydrogens is 230 g/mol. The van der Waals surface area contributed by atoms with Gasteiger partial charge in [-0.1, -0.05) is 12.1 Å². The maximum Gasteiger partial charge on any atom is 0.303 e. The Kier molecular flexibility index (Phi) is 6.34. The first kappa shape index (κ1) is 14.0. The van der Waals surface area contributed by atoms with Crippen LogP contribution >= 0.6 is 0 Å². The largest absolute Gasteiger partial charge is 0.494 e. The molecule has 0 saturated heterocycles. The first-order valence-corrected chi connectivity index (χ1v) is 6.03. The summed E-state index contributed by atoms with van der Waals surface area (Å²) in [5.41, 5.74) is 0.978. The molecule has 0 aliphatic heterocycles. The maximum absolute atomic E-state index is 10.3. The highest BCUT2D eigenvalue weighted by atomic mass is 16.5. The highest BCUT2D eigenvalue weighted by molar-refractivity contribution is 5.66. The molecule has 0 aliphatic carbocycles. The Labute approximate surface area is 107 Å². The van der Waals surface area contributed by atoms with Crippen LogP contribution in [0.25, 0.3) is 0 Å². The summed E-state index contributed by atoms with van der Waals surface area (Å²) >= 11 is 0. The summed E-state index contributed by atoms with van der Waals surface area (Å²) in [7, 11) is 0. The van der Waals surface area contributed by atoms with E-state index in [0.29, 0.717) is 19.4 Å². The van der Waals surface area contributed by atoms with Crippen LogP contribution in [0, 0.1) is 11.3 Å². The third-order valence-electron chi connectivity index (χ3n) is 2.51. The molecule has 0 aliphatic rings. The Morgan fingerprint density at radius 1 is 1.22 bits per heavy atom. The number of benzene rings is 1. The van der Waals surface area contributed by atoms with Gasteiger partial charge in [0.25, 0.3) is 0 Å². The molecule has 1 aromatic rings. The third-order valence-corrected chi connectivity index (χ3v) is 2.51. The van der Waals surface area contributed by atoms with Crippen molar-refractivity contribution < 1.29 is 14.6 Å². The van der Waals surface area contributed by atoms with Crippen LogP contribution < -0.4 is 4.74 Å². The number of carboxylic acid groups (broad SMARTS) is 1. The van der Waals surface area contributed by atoms with E-state index in [4.69, 9.17) is 15.1 Å². The molecule has 0 bridgehead atoms. The molecule has 0 amide bonds. The van der Waals surface area contributed by atoms with Crippen molar-refractivity contribution >= 4 is 5.97 Å². The van der Waals surface area contributed by atoms with E-state index in [-0.39, 0.29) is 6.42 Å². The molecule has 96 valence electrons. The van der Waals surface area contributed by atoms with Crippen LogP contribution in [0.15, 0.2) is 24.3 Å². The number of nitriles is 1. The minimum atomic E-state index is -0.746. The summed E-state index contributed by atoms with van der Waals surface area (Å²) in [6.45, 7) is 0.594. The van der Waals surface area contributed by atoms with E-state index < -0.39 is 5.97 Å². The van der Waals surface area contributed by atoms with Crippen molar-refractivity contribution in [3.8, 4) is 11.8 Å². The van der Waals surface area contributed by atoms with Crippen LogP contribution in [0.5, 0.6) is 5.75 Å². The molecule has 0 unspecified atom stereocenters. The normalized spacial score (nSPS) is 9.72. The molecule has 0 spiro atoms. The smallest absolute Gasteiger partial charge is 0.303 e.